The molecule has 0 fully saturated rings. The van der Waals surface area contributed by atoms with E-state index in [9.17, 15) is 0 Å². The molecule has 0 saturated carbocycles. The van der Waals surface area contributed by atoms with Crippen molar-refractivity contribution in [1.29, 1.82) is 0 Å². The van der Waals surface area contributed by atoms with E-state index in [0.717, 1.165) is 0 Å². The van der Waals surface area contributed by atoms with Gasteiger partial charge in [0, 0.05) is 0 Å². The molecule has 0 N–H and O–H groups in total. The SMILES string of the molecule is CC(C)C=C[Si](Cl)(Cl)Cl. The third-order valence-electron chi connectivity index (χ3n) is 0.670. The molecule has 0 heterocycles. The van der Waals surface area contributed by atoms with E-state index in [1.54, 1.807) is 5.70 Å². The van der Waals surface area contributed by atoms with E-state index in [4.69, 9.17) is 33.2 Å². The average Bonchev–Trinajstić information content (AvgIpc) is 1.59. The van der Waals surface area contributed by atoms with E-state index in [0.29, 0.717) is 5.92 Å². The van der Waals surface area contributed by atoms with Gasteiger partial charge in [-0.05, 0) is 5.92 Å². The molecule has 0 aromatic rings. The predicted octanol–water partition coefficient (Wildman–Crippen LogP) is 3.39. The van der Waals surface area contributed by atoms with Crippen LogP contribution in [0.5, 0.6) is 0 Å². The van der Waals surface area contributed by atoms with Gasteiger partial charge in [0.15, 0.2) is 0 Å². The fourth-order valence-electron chi connectivity index (χ4n) is 0.302. The maximum atomic E-state index is 5.56. The Labute approximate surface area is 70.9 Å². The standard InChI is InChI=1S/C5H9Cl3Si/c1-5(2)3-4-9(6,7)8/h3-5H,1-2H3. The minimum atomic E-state index is -2.48. The third kappa shape index (κ3) is 8.83. The van der Waals surface area contributed by atoms with Gasteiger partial charge in [0.05, 0.1) is 0 Å². The summed E-state index contributed by atoms with van der Waals surface area (Å²) >= 11 is 16.7. The molecule has 9 heavy (non-hydrogen) atoms. The molecule has 0 aliphatic rings. The van der Waals surface area contributed by atoms with E-state index in [1.807, 2.05) is 19.9 Å². The van der Waals surface area contributed by atoms with Crippen LogP contribution in [0.1, 0.15) is 13.8 Å². The summed E-state index contributed by atoms with van der Waals surface area (Å²) in [6, 6.07) is -2.48. The van der Waals surface area contributed by atoms with Gasteiger partial charge in [-0.15, -0.1) is 33.2 Å². The van der Waals surface area contributed by atoms with Gasteiger partial charge in [-0.2, -0.15) is 0 Å². The van der Waals surface area contributed by atoms with Crippen molar-refractivity contribution in [3.63, 3.8) is 0 Å². The van der Waals surface area contributed by atoms with Crippen molar-refractivity contribution in [3.8, 4) is 0 Å². The summed E-state index contributed by atoms with van der Waals surface area (Å²) in [7, 11) is 0. The smallest absolute Gasteiger partial charge is 0.121 e. The second-order valence-corrected chi connectivity index (χ2v) is 10.7. The molecule has 0 amide bonds. The van der Waals surface area contributed by atoms with Crippen LogP contribution in [-0.2, 0) is 0 Å². The maximum Gasteiger partial charge on any atom is 0.365 e. The van der Waals surface area contributed by atoms with Gasteiger partial charge >= 0.3 is 6.00 Å². The molecular weight excluding hydrogens is 194 g/mol. The molecule has 0 radical (unpaired) electrons. The summed E-state index contributed by atoms with van der Waals surface area (Å²) in [5, 5.41) is 0. The van der Waals surface area contributed by atoms with Crippen LogP contribution >= 0.6 is 33.2 Å². The summed E-state index contributed by atoms with van der Waals surface area (Å²) in [4.78, 5) is 0. The summed E-state index contributed by atoms with van der Waals surface area (Å²) in [5.74, 6) is 0.466. The first-order chi connectivity index (χ1) is 3.92. The first-order valence-electron chi connectivity index (χ1n) is 2.68. The third-order valence-corrected chi connectivity index (χ3v) is 2.37. The molecule has 0 saturated heterocycles. The Hall–Kier alpha value is 0.827. The number of hydrogen-bond donors (Lipinski definition) is 0. The molecule has 0 nitrogen and oxygen atoms in total. The Morgan fingerprint density at radius 3 is 1.78 bits per heavy atom. The number of hydrogen-bond acceptors (Lipinski definition) is 0. The molecule has 54 valence electrons. The lowest BCUT2D eigenvalue weighted by atomic mass is 10.2. The molecule has 0 aliphatic carbocycles. The van der Waals surface area contributed by atoms with Gasteiger partial charge in [0.25, 0.3) is 0 Å². The second-order valence-electron chi connectivity index (χ2n) is 2.14. The average molecular weight is 204 g/mol. The molecule has 0 spiro atoms. The van der Waals surface area contributed by atoms with Crippen molar-refractivity contribution < 1.29 is 0 Å². The van der Waals surface area contributed by atoms with Gasteiger partial charge in [0.1, 0.15) is 0 Å². The quantitative estimate of drug-likeness (QED) is 0.477. The van der Waals surface area contributed by atoms with Crippen LogP contribution < -0.4 is 0 Å². The van der Waals surface area contributed by atoms with Crippen LogP contribution in [0.25, 0.3) is 0 Å². The zero-order valence-electron chi connectivity index (χ0n) is 5.37. The highest BCUT2D eigenvalue weighted by Gasteiger charge is 2.19. The zero-order valence-corrected chi connectivity index (χ0v) is 8.63. The van der Waals surface area contributed by atoms with Crippen molar-refractivity contribution in [2.75, 3.05) is 0 Å². The molecule has 0 rings (SSSR count). The first-order valence-corrected chi connectivity index (χ1v) is 7.79. The van der Waals surface area contributed by atoms with Crippen LogP contribution in [0.15, 0.2) is 11.8 Å². The van der Waals surface area contributed by atoms with E-state index >= 15 is 0 Å². The van der Waals surface area contributed by atoms with Gasteiger partial charge in [0.2, 0.25) is 0 Å². The number of rotatable bonds is 2. The molecule has 4 heteroatoms. The summed E-state index contributed by atoms with van der Waals surface area (Å²) in [6.45, 7) is 4.09. The van der Waals surface area contributed by atoms with Gasteiger partial charge in [-0.25, -0.2) is 0 Å². The fraction of sp³-hybridized carbons (Fsp3) is 0.600. The predicted molar refractivity (Wildman–Crippen MR) is 47.3 cm³/mol. The van der Waals surface area contributed by atoms with E-state index in [-0.39, 0.29) is 0 Å². The minimum absolute atomic E-state index is 0.466. The summed E-state index contributed by atoms with van der Waals surface area (Å²) < 4.78 is 0. The Bertz CT molecular complexity index is 103. The van der Waals surface area contributed by atoms with Crippen LogP contribution in [0.4, 0.5) is 0 Å². The van der Waals surface area contributed by atoms with E-state index < -0.39 is 6.00 Å². The number of halogens is 3. The van der Waals surface area contributed by atoms with Crippen molar-refractivity contribution in [1.82, 2.24) is 0 Å². The molecule has 0 aliphatic heterocycles. The Morgan fingerprint density at radius 1 is 1.22 bits per heavy atom. The largest absolute Gasteiger partial charge is 0.365 e. The highest BCUT2D eigenvalue weighted by molar-refractivity contribution is 7.66. The van der Waals surface area contributed by atoms with Crippen LogP contribution in [0.3, 0.4) is 0 Å². The Morgan fingerprint density at radius 2 is 1.67 bits per heavy atom. The molecule has 0 aromatic carbocycles. The monoisotopic (exact) mass is 202 g/mol. The van der Waals surface area contributed by atoms with Crippen LogP contribution in [0, 0.1) is 5.92 Å². The van der Waals surface area contributed by atoms with Gasteiger partial charge in [-0.1, -0.05) is 25.6 Å². The minimum Gasteiger partial charge on any atom is -0.121 e. The Balaban J connectivity index is 3.71. The fourth-order valence-corrected chi connectivity index (χ4v) is 1.56. The molecule has 0 unspecified atom stereocenters. The van der Waals surface area contributed by atoms with Gasteiger partial charge < -0.3 is 0 Å². The lowest BCUT2D eigenvalue weighted by Gasteiger charge is -1.99. The highest BCUT2D eigenvalue weighted by atomic mass is 35.8. The molecule has 0 atom stereocenters. The number of allylic oxidation sites excluding steroid dienone is 1. The lowest BCUT2D eigenvalue weighted by molar-refractivity contribution is 0.833. The van der Waals surface area contributed by atoms with E-state index in [1.165, 1.54) is 0 Å². The zero-order chi connectivity index (χ0) is 7.49. The topological polar surface area (TPSA) is 0 Å². The summed E-state index contributed by atoms with van der Waals surface area (Å²) in [5.41, 5.74) is 1.70. The molecule has 0 aromatic heterocycles. The normalized spacial score (nSPS) is 13.6. The Kier molecular flexibility index (Phi) is 4.22. The highest BCUT2D eigenvalue weighted by Crippen LogP contribution is 2.21. The van der Waals surface area contributed by atoms with Crippen molar-refractivity contribution in [2.45, 2.75) is 13.8 Å². The first kappa shape index (κ1) is 9.83. The molecular formula is C5H9Cl3Si. The van der Waals surface area contributed by atoms with Crippen LogP contribution in [0.2, 0.25) is 0 Å². The van der Waals surface area contributed by atoms with Crippen molar-refractivity contribution in [3.05, 3.63) is 11.8 Å². The molecule has 0 bridgehead atoms. The lowest BCUT2D eigenvalue weighted by Crippen LogP contribution is -2.03. The summed E-state index contributed by atoms with van der Waals surface area (Å²) in [6.07, 6.45) is 1.92. The van der Waals surface area contributed by atoms with Crippen molar-refractivity contribution in [2.24, 2.45) is 5.92 Å². The van der Waals surface area contributed by atoms with Crippen LogP contribution in [-0.4, -0.2) is 6.00 Å². The van der Waals surface area contributed by atoms with Gasteiger partial charge in [-0.3, -0.25) is 0 Å². The van der Waals surface area contributed by atoms with Crippen molar-refractivity contribution >= 4 is 39.2 Å². The second kappa shape index (κ2) is 3.87. The van der Waals surface area contributed by atoms with E-state index in [2.05, 4.69) is 0 Å². The maximum absolute atomic E-state index is 5.56.